The van der Waals surface area contributed by atoms with Crippen LogP contribution >= 0.6 is 11.3 Å². The third kappa shape index (κ3) is 8.81. The predicted octanol–water partition coefficient (Wildman–Crippen LogP) is 12.3. The fourth-order valence-corrected chi connectivity index (χ4v) is 9.62. The molecule has 0 amide bonds. The van der Waals surface area contributed by atoms with E-state index in [0.717, 1.165) is 54.7 Å². The molecule has 1 radical (unpaired) electrons. The van der Waals surface area contributed by atoms with Gasteiger partial charge in [0.25, 0.3) is 0 Å². The first-order valence-corrected chi connectivity index (χ1v) is 21.5. The molecule has 2 nitrogen and oxygen atoms in total. The molecule has 3 heterocycles. The molecule has 3 aromatic heterocycles. The molecule has 6 heteroatoms. The van der Waals surface area contributed by atoms with Crippen molar-refractivity contribution in [3.63, 3.8) is 0 Å². The van der Waals surface area contributed by atoms with Gasteiger partial charge in [-0.2, -0.15) is 11.3 Å². The summed E-state index contributed by atoms with van der Waals surface area (Å²) < 4.78 is 16.0. The van der Waals surface area contributed by atoms with Crippen LogP contribution in [0.1, 0.15) is 43.0 Å². The Morgan fingerprint density at radius 2 is 1.53 bits per heavy atom. The van der Waals surface area contributed by atoms with Gasteiger partial charge in [-0.15, -0.1) is 59.7 Å². The summed E-state index contributed by atoms with van der Waals surface area (Å²) in [7, 11) is -1.37. The largest absolute Gasteiger partial charge is 0.305 e. The number of benzene rings is 4. The summed E-state index contributed by atoms with van der Waals surface area (Å²) in [6, 6.07) is 34.5. The van der Waals surface area contributed by atoms with E-state index in [9.17, 15) is 4.39 Å². The van der Waals surface area contributed by atoms with Crippen molar-refractivity contribution in [2.24, 2.45) is 5.41 Å². The predicted molar refractivity (Wildman–Crippen MR) is 216 cm³/mol. The SMILES string of the molecule is CC(C)(C)Cc1cc(-c2[c-]cccc2)ncc1[Si](C)(C)C.Cc1cc(C)c(-c2ccnc(-c3[c-]ccc4c3sc3ccc(F)cc34)c2)c(C)c1.[Ir]. The number of halogens is 1. The van der Waals surface area contributed by atoms with Crippen LogP contribution in [0.5, 0.6) is 0 Å². The average Bonchev–Trinajstić information content (AvgIpc) is 3.42. The maximum absolute atomic E-state index is 13.8. The zero-order chi connectivity index (χ0) is 35.8. The van der Waals surface area contributed by atoms with Gasteiger partial charge in [0.1, 0.15) is 5.82 Å². The molecule has 0 spiro atoms. The monoisotopic (exact) mass is 885 g/mol. The van der Waals surface area contributed by atoms with Crippen LogP contribution in [-0.2, 0) is 26.5 Å². The summed E-state index contributed by atoms with van der Waals surface area (Å²) in [5.41, 5.74) is 11.9. The Hall–Kier alpha value is -3.80. The minimum absolute atomic E-state index is 0. The molecule has 0 unspecified atom stereocenters. The second-order valence-electron chi connectivity index (χ2n) is 15.5. The summed E-state index contributed by atoms with van der Waals surface area (Å²) in [6.07, 6.45) is 5.07. The van der Waals surface area contributed by atoms with Gasteiger partial charge in [0.15, 0.2) is 0 Å². The van der Waals surface area contributed by atoms with E-state index in [1.54, 1.807) is 17.4 Å². The molecule has 0 aliphatic rings. The van der Waals surface area contributed by atoms with Crippen LogP contribution in [0.3, 0.4) is 0 Å². The van der Waals surface area contributed by atoms with E-state index < -0.39 is 8.07 Å². The number of fused-ring (bicyclic) bond motifs is 3. The number of thiophene rings is 1. The van der Waals surface area contributed by atoms with E-state index >= 15 is 0 Å². The van der Waals surface area contributed by atoms with E-state index in [0.29, 0.717) is 0 Å². The topological polar surface area (TPSA) is 25.8 Å². The summed E-state index contributed by atoms with van der Waals surface area (Å²) in [5, 5.41) is 3.48. The number of hydrogen-bond donors (Lipinski definition) is 0. The van der Waals surface area contributed by atoms with Gasteiger partial charge in [-0.25, -0.2) is 4.39 Å². The molecule has 4 aromatic carbocycles. The smallest absolute Gasteiger partial charge is 0.123 e. The van der Waals surface area contributed by atoms with Crippen molar-refractivity contribution < 1.29 is 24.5 Å². The molecule has 0 N–H and O–H groups in total. The Kier molecular flexibility index (Phi) is 11.6. The number of aryl methyl sites for hydroxylation is 3. The molecule has 0 fully saturated rings. The van der Waals surface area contributed by atoms with Gasteiger partial charge in [-0.05, 0) is 106 Å². The van der Waals surface area contributed by atoms with Crippen molar-refractivity contribution in [2.75, 3.05) is 0 Å². The average molecular weight is 885 g/mol. The molecule has 0 atom stereocenters. The molecule has 51 heavy (non-hydrogen) atoms. The van der Waals surface area contributed by atoms with Crippen LogP contribution in [0.25, 0.3) is 53.8 Å². The maximum atomic E-state index is 13.8. The van der Waals surface area contributed by atoms with Gasteiger partial charge in [0, 0.05) is 37.2 Å². The zero-order valence-corrected chi connectivity index (χ0v) is 35.2. The summed E-state index contributed by atoms with van der Waals surface area (Å²) in [5.74, 6) is -0.211. The van der Waals surface area contributed by atoms with Gasteiger partial charge in [-0.1, -0.05) is 81.2 Å². The zero-order valence-electron chi connectivity index (χ0n) is 31.0. The van der Waals surface area contributed by atoms with Crippen LogP contribution in [0.15, 0.2) is 97.3 Å². The van der Waals surface area contributed by atoms with E-state index in [1.807, 2.05) is 42.6 Å². The first-order chi connectivity index (χ1) is 23.7. The quantitative estimate of drug-likeness (QED) is 0.127. The van der Waals surface area contributed by atoms with Crippen molar-refractivity contribution in [1.82, 2.24) is 9.97 Å². The third-order valence-electron chi connectivity index (χ3n) is 8.88. The van der Waals surface area contributed by atoms with Gasteiger partial charge < -0.3 is 9.97 Å². The van der Waals surface area contributed by atoms with E-state index in [2.05, 4.69) is 121 Å². The Morgan fingerprint density at radius 3 is 2.20 bits per heavy atom. The second kappa shape index (κ2) is 15.4. The van der Waals surface area contributed by atoms with Crippen molar-refractivity contribution in [2.45, 2.75) is 67.6 Å². The Morgan fingerprint density at radius 1 is 0.784 bits per heavy atom. The molecule has 7 aromatic rings. The fraction of sp³-hybridized carbons (Fsp3) is 0.244. The number of hydrogen-bond acceptors (Lipinski definition) is 3. The van der Waals surface area contributed by atoms with Crippen molar-refractivity contribution in [3.05, 3.63) is 138 Å². The summed E-state index contributed by atoms with van der Waals surface area (Å²) in [6.45, 7) is 20.5. The van der Waals surface area contributed by atoms with Crippen LogP contribution in [0.4, 0.5) is 4.39 Å². The van der Waals surface area contributed by atoms with Crippen LogP contribution in [0, 0.1) is 44.1 Å². The third-order valence-corrected chi connectivity index (χ3v) is 12.1. The van der Waals surface area contributed by atoms with Crippen molar-refractivity contribution in [3.8, 4) is 33.6 Å². The minimum Gasteiger partial charge on any atom is -0.305 e. The molecule has 0 saturated carbocycles. The number of aromatic nitrogens is 2. The number of pyridine rings is 2. The Bertz CT molecular complexity index is 2290. The normalized spacial score (nSPS) is 11.6. The summed E-state index contributed by atoms with van der Waals surface area (Å²) >= 11 is 1.66. The van der Waals surface area contributed by atoms with Gasteiger partial charge in [0.2, 0.25) is 0 Å². The molecule has 263 valence electrons. The fourth-order valence-electron chi connectivity index (χ4n) is 6.85. The molecule has 0 aliphatic heterocycles. The van der Waals surface area contributed by atoms with Crippen molar-refractivity contribution in [1.29, 1.82) is 0 Å². The molecular weight excluding hydrogens is 840 g/mol. The van der Waals surface area contributed by atoms with Crippen molar-refractivity contribution >= 4 is 44.8 Å². The standard InChI is InChI=1S/C26H19FNS.C19H26NSi.Ir/c1-15-11-16(2)25(17(3)12-15)18-9-10-28-23(13-18)21-6-4-5-20-22-14-19(27)7-8-24(22)29-26(20)21;1-19(2,3)13-16-12-17(15-10-8-7-9-11-15)20-14-18(16)21(4,5)6;/h4-5,7-14H,1-3H3;7-10,12,14H,13H2,1-6H3;/q2*-1;. The summed E-state index contributed by atoms with van der Waals surface area (Å²) in [4.78, 5) is 9.36. The van der Waals surface area contributed by atoms with Gasteiger partial charge in [-0.3, -0.25) is 0 Å². The van der Waals surface area contributed by atoms with E-state index in [4.69, 9.17) is 4.98 Å². The minimum atomic E-state index is -1.37. The van der Waals surface area contributed by atoms with Crippen LogP contribution < -0.4 is 5.19 Å². The molecular formula is C45H45FIrN2SSi-2. The van der Waals surface area contributed by atoms with E-state index in [-0.39, 0.29) is 31.3 Å². The second-order valence-corrected chi connectivity index (χ2v) is 21.6. The Balaban J connectivity index is 0.000000205. The molecule has 0 bridgehead atoms. The number of nitrogens with zero attached hydrogens (tertiary/aromatic N) is 2. The van der Waals surface area contributed by atoms with Crippen LogP contribution in [0.2, 0.25) is 19.6 Å². The van der Waals surface area contributed by atoms with Gasteiger partial charge in [0.05, 0.1) is 8.07 Å². The maximum Gasteiger partial charge on any atom is 0.123 e. The molecule has 0 aliphatic carbocycles. The Labute approximate surface area is 321 Å². The molecule has 7 rings (SSSR count). The van der Waals surface area contributed by atoms with Gasteiger partial charge >= 0.3 is 0 Å². The van der Waals surface area contributed by atoms with Crippen LogP contribution in [-0.4, -0.2) is 18.0 Å². The van der Waals surface area contributed by atoms with E-state index in [1.165, 1.54) is 39.1 Å². The first kappa shape index (κ1) is 38.4. The first-order valence-electron chi connectivity index (χ1n) is 17.2. The number of rotatable bonds is 5. The molecule has 0 saturated heterocycles.